The summed E-state index contributed by atoms with van der Waals surface area (Å²) < 4.78 is 10.6. The molecule has 1 heterocycles. The van der Waals surface area contributed by atoms with E-state index >= 15 is 0 Å². The first-order valence-electron chi connectivity index (χ1n) is 8.08. The molecule has 0 spiro atoms. The molecule has 0 aliphatic carbocycles. The maximum absolute atomic E-state index is 12.7. The van der Waals surface area contributed by atoms with Gasteiger partial charge in [0.05, 0.1) is 13.7 Å². The summed E-state index contributed by atoms with van der Waals surface area (Å²) in [6.07, 6.45) is -0.674. The monoisotopic (exact) mass is 377 g/mol. The SMILES string of the molecule is COc1ccc(CN(C(=O)OC(C)(C)C)[C@@H](C(=O)O)c2ccsc2)cc1. The first-order valence-corrected chi connectivity index (χ1v) is 9.03. The molecule has 2 rings (SSSR count). The molecule has 1 amide bonds. The highest BCUT2D eigenvalue weighted by molar-refractivity contribution is 7.08. The van der Waals surface area contributed by atoms with Gasteiger partial charge in [-0.1, -0.05) is 12.1 Å². The fourth-order valence-corrected chi connectivity index (χ4v) is 3.07. The normalized spacial score (nSPS) is 12.3. The van der Waals surface area contributed by atoms with Crippen LogP contribution in [0.15, 0.2) is 41.1 Å². The van der Waals surface area contributed by atoms with Gasteiger partial charge in [-0.15, -0.1) is 0 Å². The number of rotatable bonds is 6. The fourth-order valence-electron chi connectivity index (χ4n) is 2.40. The minimum atomic E-state index is -1.13. The largest absolute Gasteiger partial charge is 0.497 e. The predicted molar refractivity (Wildman–Crippen MR) is 99.5 cm³/mol. The van der Waals surface area contributed by atoms with Crippen molar-refractivity contribution in [3.8, 4) is 5.75 Å². The van der Waals surface area contributed by atoms with Crippen molar-refractivity contribution in [2.24, 2.45) is 0 Å². The van der Waals surface area contributed by atoms with E-state index in [0.29, 0.717) is 11.3 Å². The molecule has 1 atom stereocenters. The Hall–Kier alpha value is -2.54. The minimum Gasteiger partial charge on any atom is -0.497 e. The molecule has 0 bridgehead atoms. The lowest BCUT2D eigenvalue weighted by atomic mass is 10.1. The Morgan fingerprint density at radius 3 is 2.31 bits per heavy atom. The molecule has 0 saturated heterocycles. The smallest absolute Gasteiger partial charge is 0.411 e. The van der Waals surface area contributed by atoms with Crippen LogP contribution in [-0.2, 0) is 16.1 Å². The number of amides is 1. The zero-order chi connectivity index (χ0) is 19.3. The molecule has 1 aromatic carbocycles. The average molecular weight is 377 g/mol. The summed E-state index contributed by atoms with van der Waals surface area (Å²) in [5, 5.41) is 13.3. The second kappa shape index (κ2) is 8.23. The van der Waals surface area contributed by atoms with Gasteiger partial charge in [-0.25, -0.2) is 9.59 Å². The van der Waals surface area contributed by atoms with Crippen LogP contribution in [0.4, 0.5) is 4.79 Å². The standard InChI is InChI=1S/C19H23NO5S/c1-19(2,3)25-18(23)20(11-13-5-7-15(24-4)8-6-13)16(17(21)22)14-9-10-26-12-14/h5-10,12,16H,11H2,1-4H3,(H,21,22)/t16-/m1/s1. The number of methoxy groups -OCH3 is 1. The Morgan fingerprint density at radius 1 is 1.19 bits per heavy atom. The van der Waals surface area contributed by atoms with Crippen molar-refractivity contribution in [3.63, 3.8) is 0 Å². The third-order valence-corrected chi connectivity index (χ3v) is 4.25. The number of carboxylic acids is 1. The molecule has 0 aliphatic heterocycles. The van der Waals surface area contributed by atoms with E-state index in [-0.39, 0.29) is 6.54 Å². The first-order chi connectivity index (χ1) is 12.2. The van der Waals surface area contributed by atoms with Crippen LogP contribution in [0, 0.1) is 0 Å². The average Bonchev–Trinajstić information content (AvgIpc) is 3.07. The summed E-state index contributed by atoms with van der Waals surface area (Å²) in [6, 6.07) is 7.70. The summed E-state index contributed by atoms with van der Waals surface area (Å²) >= 11 is 1.38. The second-order valence-electron chi connectivity index (χ2n) is 6.75. The molecular weight excluding hydrogens is 354 g/mol. The van der Waals surface area contributed by atoms with E-state index in [1.54, 1.807) is 69.0 Å². The van der Waals surface area contributed by atoms with Crippen molar-refractivity contribution in [2.75, 3.05) is 7.11 Å². The molecule has 7 heteroatoms. The number of nitrogens with zero attached hydrogens (tertiary/aromatic N) is 1. The summed E-state index contributed by atoms with van der Waals surface area (Å²) in [5.41, 5.74) is 0.590. The molecule has 1 N–H and O–H groups in total. The van der Waals surface area contributed by atoms with Gasteiger partial charge in [0.1, 0.15) is 11.4 Å². The highest BCUT2D eigenvalue weighted by Gasteiger charge is 2.34. The number of hydrogen-bond donors (Lipinski definition) is 1. The zero-order valence-corrected chi connectivity index (χ0v) is 16.1. The first kappa shape index (κ1) is 19.8. The van der Waals surface area contributed by atoms with Gasteiger partial charge in [0.2, 0.25) is 0 Å². The highest BCUT2D eigenvalue weighted by Crippen LogP contribution is 2.28. The van der Waals surface area contributed by atoms with Gasteiger partial charge in [0.25, 0.3) is 0 Å². The maximum atomic E-state index is 12.7. The van der Waals surface area contributed by atoms with Gasteiger partial charge < -0.3 is 14.6 Å². The zero-order valence-electron chi connectivity index (χ0n) is 15.3. The number of thiophene rings is 1. The number of carboxylic acid groups (broad SMARTS) is 1. The van der Waals surface area contributed by atoms with Crippen molar-refractivity contribution >= 4 is 23.4 Å². The van der Waals surface area contributed by atoms with Crippen LogP contribution in [0.1, 0.15) is 37.9 Å². The van der Waals surface area contributed by atoms with Crippen LogP contribution in [0.2, 0.25) is 0 Å². The van der Waals surface area contributed by atoms with E-state index in [0.717, 1.165) is 5.56 Å². The molecule has 0 aliphatic rings. The maximum Gasteiger partial charge on any atom is 0.411 e. The summed E-state index contributed by atoms with van der Waals surface area (Å²) in [7, 11) is 1.57. The molecule has 0 unspecified atom stereocenters. The van der Waals surface area contributed by atoms with Crippen molar-refractivity contribution in [1.29, 1.82) is 0 Å². The van der Waals surface area contributed by atoms with Crippen molar-refractivity contribution in [3.05, 3.63) is 52.2 Å². The Balaban J connectivity index is 2.36. The number of carbonyl (C=O) groups excluding carboxylic acids is 1. The lowest BCUT2D eigenvalue weighted by molar-refractivity contribution is -0.143. The van der Waals surface area contributed by atoms with Crippen LogP contribution >= 0.6 is 11.3 Å². The summed E-state index contributed by atoms with van der Waals surface area (Å²) in [6.45, 7) is 5.34. The molecule has 0 fully saturated rings. The highest BCUT2D eigenvalue weighted by atomic mass is 32.1. The third kappa shape index (κ3) is 5.23. The number of carbonyl (C=O) groups is 2. The van der Waals surface area contributed by atoms with Crippen molar-refractivity contribution in [2.45, 2.75) is 39.0 Å². The molecule has 26 heavy (non-hydrogen) atoms. The van der Waals surface area contributed by atoms with Crippen LogP contribution in [0.25, 0.3) is 0 Å². The fraction of sp³-hybridized carbons (Fsp3) is 0.368. The molecule has 0 saturated carbocycles. The topological polar surface area (TPSA) is 76.1 Å². The Kier molecular flexibility index (Phi) is 6.26. The second-order valence-corrected chi connectivity index (χ2v) is 7.53. The molecule has 1 aromatic heterocycles. The number of ether oxygens (including phenoxy) is 2. The molecule has 0 radical (unpaired) electrons. The van der Waals surface area contributed by atoms with E-state index in [2.05, 4.69) is 0 Å². The Morgan fingerprint density at radius 2 is 1.85 bits per heavy atom. The summed E-state index contributed by atoms with van der Waals surface area (Å²) in [4.78, 5) is 25.9. The van der Waals surface area contributed by atoms with E-state index in [4.69, 9.17) is 9.47 Å². The predicted octanol–water partition coefficient (Wildman–Crippen LogP) is 4.32. The number of hydrogen-bond acceptors (Lipinski definition) is 5. The van der Waals surface area contributed by atoms with Crippen LogP contribution in [0.5, 0.6) is 5.75 Å². The lowest BCUT2D eigenvalue weighted by Gasteiger charge is -2.31. The van der Waals surface area contributed by atoms with Gasteiger partial charge >= 0.3 is 12.1 Å². The Bertz CT molecular complexity index is 734. The quantitative estimate of drug-likeness (QED) is 0.811. The number of benzene rings is 1. The van der Waals surface area contributed by atoms with Crippen LogP contribution in [-0.4, -0.2) is 34.8 Å². The minimum absolute atomic E-state index is 0.103. The van der Waals surface area contributed by atoms with Crippen molar-refractivity contribution < 1.29 is 24.2 Å². The molecule has 2 aromatic rings. The molecule has 140 valence electrons. The van der Waals surface area contributed by atoms with E-state index in [1.165, 1.54) is 16.2 Å². The summed E-state index contributed by atoms with van der Waals surface area (Å²) in [5.74, 6) is -0.423. The lowest BCUT2D eigenvalue weighted by Crippen LogP contribution is -2.41. The van der Waals surface area contributed by atoms with Gasteiger partial charge in [-0.3, -0.25) is 4.90 Å². The Labute approximate surface area is 157 Å². The van der Waals surface area contributed by atoms with Gasteiger partial charge in [-0.05, 0) is 60.9 Å². The number of aliphatic carboxylic acids is 1. The third-order valence-electron chi connectivity index (χ3n) is 3.54. The molecular formula is C19H23NO5S. The van der Waals surface area contributed by atoms with Gasteiger partial charge in [0.15, 0.2) is 6.04 Å². The molecule has 6 nitrogen and oxygen atoms in total. The van der Waals surface area contributed by atoms with Crippen molar-refractivity contribution in [1.82, 2.24) is 4.90 Å². The van der Waals surface area contributed by atoms with E-state index in [9.17, 15) is 14.7 Å². The van der Waals surface area contributed by atoms with Crippen LogP contribution in [0.3, 0.4) is 0 Å². The van der Waals surface area contributed by atoms with E-state index in [1.807, 2.05) is 0 Å². The van der Waals surface area contributed by atoms with Gasteiger partial charge in [0, 0.05) is 0 Å². The van der Waals surface area contributed by atoms with Crippen LogP contribution < -0.4 is 4.74 Å². The van der Waals surface area contributed by atoms with Gasteiger partial charge in [-0.2, -0.15) is 11.3 Å². The van der Waals surface area contributed by atoms with E-state index < -0.39 is 23.7 Å².